The Labute approximate surface area is 253 Å². The van der Waals surface area contributed by atoms with Crippen LogP contribution in [0.3, 0.4) is 0 Å². The molecule has 6 aromatic rings. The Morgan fingerprint density at radius 2 is 0.762 bits per heavy atom. The van der Waals surface area contributed by atoms with E-state index in [4.69, 9.17) is 23.2 Å². The Hall–Kier alpha value is -5.04. The second kappa shape index (κ2) is 12.6. The maximum Gasteiger partial charge on any atom is 0.0886 e. The number of hydrogen-bond donors (Lipinski definition) is 0. The van der Waals surface area contributed by atoms with E-state index in [9.17, 15) is 0 Å². The number of benzene rings is 2. The Kier molecular flexibility index (Phi) is 8.17. The molecule has 0 aliphatic heterocycles. The van der Waals surface area contributed by atoms with Crippen molar-refractivity contribution in [3.05, 3.63) is 143 Å². The summed E-state index contributed by atoms with van der Waals surface area (Å²) in [5, 5.41) is 1.36. The highest BCUT2D eigenvalue weighted by atomic mass is 35.5. The van der Waals surface area contributed by atoms with E-state index < -0.39 is 0 Å². The molecule has 0 radical (unpaired) electrons. The molecular formula is C34H22Cl2N6. The maximum absolute atomic E-state index is 5.93. The highest BCUT2D eigenvalue weighted by Crippen LogP contribution is 2.24. The largest absolute Gasteiger partial charge is 0.255 e. The zero-order valence-corrected chi connectivity index (χ0v) is 23.7. The molecule has 0 unspecified atom stereocenters. The fourth-order valence-electron chi connectivity index (χ4n) is 4.07. The Morgan fingerprint density at radius 3 is 1.07 bits per heavy atom. The van der Waals surface area contributed by atoms with Crippen molar-refractivity contribution in [2.75, 3.05) is 0 Å². The van der Waals surface area contributed by atoms with Gasteiger partial charge in [-0.2, -0.15) is 0 Å². The van der Waals surface area contributed by atoms with Crippen LogP contribution in [0.25, 0.3) is 33.6 Å². The molecular weight excluding hydrogens is 563 g/mol. The molecule has 202 valence electrons. The first-order valence-corrected chi connectivity index (χ1v) is 13.8. The summed E-state index contributed by atoms with van der Waals surface area (Å²) >= 11 is 11.9. The van der Waals surface area contributed by atoms with Crippen molar-refractivity contribution in [2.24, 2.45) is 9.98 Å². The zero-order valence-electron chi connectivity index (χ0n) is 22.1. The molecule has 6 rings (SSSR count). The van der Waals surface area contributed by atoms with E-state index in [1.165, 1.54) is 0 Å². The minimum absolute atomic E-state index is 0.681. The van der Waals surface area contributed by atoms with Crippen molar-refractivity contribution in [2.45, 2.75) is 0 Å². The third kappa shape index (κ3) is 6.81. The van der Waals surface area contributed by atoms with Gasteiger partial charge in [0.1, 0.15) is 0 Å². The van der Waals surface area contributed by atoms with Crippen molar-refractivity contribution in [1.29, 1.82) is 0 Å². The van der Waals surface area contributed by atoms with E-state index >= 15 is 0 Å². The maximum atomic E-state index is 5.93. The zero-order chi connectivity index (χ0) is 28.7. The molecule has 0 saturated carbocycles. The molecule has 0 aliphatic carbocycles. The van der Waals surface area contributed by atoms with Gasteiger partial charge in [0.05, 0.1) is 46.6 Å². The molecule has 0 spiro atoms. The normalized spacial score (nSPS) is 11.4. The molecule has 0 fully saturated rings. The van der Waals surface area contributed by atoms with Crippen LogP contribution in [-0.4, -0.2) is 32.4 Å². The number of aromatic nitrogens is 4. The van der Waals surface area contributed by atoms with Crippen LogP contribution < -0.4 is 0 Å². The second-order valence-corrected chi connectivity index (χ2v) is 10.1. The van der Waals surface area contributed by atoms with Crippen LogP contribution in [0.15, 0.2) is 132 Å². The first kappa shape index (κ1) is 27.1. The lowest BCUT2D eigenvalue weighted by atomic mass is 10.1. The third-order valence-corrected chi connectivity index (χ3v) is 6.88. The predicted octanol–water partition coefficient (Wildman–Crippen LogP) is 9.08. The molecule has 0 aliphatic rings. The average molecular weight is 585 g/mol. The van der Waals surface area contributed by atoms with Gasteiger partial charge in [-0.05, 0) is 72.8 Å². The fraction of sp³-hybridized carbons (Fsp3) is 0. The molecule has 0 saturated heterocycles. The third-order valence-electron chi connectivity index (χ3n) is 6.37. The number of halogens is 2. The molecule has 2 aromatic carbocycles. The lowest BCUT2D eigenvalue weighted by Crippen LogP contribution is -1.91. The standard InChI is InChI=1S/C34H22Cl2N6/c35-27-5-11-29(12-6-27)39-21-31-9-1-23(17-37-31)25-3-15-33(41-19-25)34-16-4-26(20-42-34)24-2-10-32(38-18-24)22-40-30-13-7-28(36)8-14-30/h1-22H. The van der Waals surface area contributed by atoms with Crippen LogP contribution in [0.5, 0.6) is 0 Å². The van der Waals surface area contributed by atoms with E-state index in [1.54, 1.807) is 12.4 Å². The van der Waals surface area contributed by atoms with E-state index in [-0.39, 0.29) is 0 Å². The first-order valence-electron chi connectivity index (χ1n) is 13.0. The van der Waals surface area contributed by atoms with Crippen LogP contribution in [0.4, 0.5) is 11.4 Å². The van der Waals surface area contributed by atoms with Crippen molar-refractivity contribution in [1.82, 2.24) is 19.9 Å². The number of aliphatic imine (C=N–C) groups is 2. The first-order chi connectivity index (χ1) is 20.6. The van der Waals surface area contributed by atoms with Crippen LogP contribution >= 0.6 is 23.2 Å². The number of pyridine rings is 4. The van der Waals surface area contributed by atoms with Crippen molar-refractivity contribution >= 4 is 47.0 Å². The SMILES string of the molecule is Clc1ccc(N=Cc2ccc(-c3ccc(-c4ccc(-c5ccc(C=Nc6ccc(Cl)cc6)nc5)cn4)nc3)cn2)cc1. The van der Waals surface area contributed by atoms with Gasteiger partial charge in [-0.3, -0.25) is 29.9 Å². The Balaban J connectivity index is 1.09. The fourth-order valence-corrected chi connectivity index (χ4v) is 4.32. The number of rotatable bonds is 7. The molecule has 0 N–H and O–H groups in total. The van der Waals surface area contributed by atoms with Crippen molar-refractivity contribution in [3.63, 3.8) is 0 Å². The number of hydrogen-bond acceptors (Lipinski definition) is 6. The summed E-state index contributed by atoms with van der Waals surface area (Å²) in [5.74, 6) is 0. The van der Waals surface area contributed by atoms with Gasteiger partial charge in [-0.25, -0.2) is 0 Å². The molecule has 4 aromatic heterocycles. The van der Waals surface area contributed by atoms with Gasteiger partial charge in [-0.1, -0.05) is 47.5 Å². The van der Waals surface area contributed by atoms with E-state index in [0.29, 0.717) is 10.0 Å². The summed E-state index contributed by atoms with van der Waals surface area (Å²) in [6, 6.07) is 30.5. The van der Waals surface area contributed by atoms with Gasteiger partial charge in [0.2, 0.25) is 0 Å². The topological polar surface area (TPSA) is 76.3 Å². The molecule has 0 bridgehead atoms. The van der Waals surface area contributed by atoms with Gasteiger partial charge in [0.15, 0.2) is 0 Å². The Morgan fingerprint density at radius 1 is 0.405 bits per heavy atom. The van der Waals surface area contributed by atoms with Gasteiger partial charge >= 0.3 is 0 Å². The second-order valence-electron chi connectivity index (χ2n) is 9.28. The number of nitrogens with zero attached hydrogens (tertiary/aromatic N) is 6. The monoisotopic (exact) mass is 584 g/mol. The smallest absolute Gasteiger partial charge is 0.0886 e. The van der Waals surface area contributed by atoms with Crippen LogP contribution in [0.1, 0.15) is 11.4 Å². The van der Waals surface area contributed by atoms with Gasteiger partial charge < -0.3 is 0 Å². The van der Waals surface area contributed by atoms with Gasteiger partial charge in [0, 0.05) is 57.1 Å². The lowest BCUT2D eigenvalue weighted by Gasteiger charge is -2.06. The molecule has 42 heavy (non-hydrogen) atoms. The summed E-state index contributed by atoms with van der Waals surface area (Å²) in [4.78, 5) is 27.2. The lowest BCUT2D eigenvalue weighted by molar-refractivity contribution is 1.24. The van der Waals surface area contributed by atoms with Crippen LogP contribution in [0, 0.1) is 0 Å². The highest BCUT2D eigenvalue weighted by molar-refractivity contribution is 6.30. The quantitative estimate of drug-likeness (QED) is 0.175. The summed E-state index contributed by atoms with van der Waals surface area (Å²) in [6.45, 7) is 0. The summed E-state index contributed by atoms with van der Waals surface area (Å²) < 4.78 is 0. The van der Waals surface area contributed by atoms with E-state index in [0.717, 1.165) is 56.4 Å². The summed E-state index contributed by atoms with van der Waals surface area (Å²) in [5.41, 5.74) is 8.61. The summed E-state index contributed by atoms with van der Waals surface area (Å²) in [7, 11) is 0. The van der Waals surface area contributed by atoms with Crippen LogP contribution in [0.2, 0.25) is 10.0 Å². The van der Waals surface area contributed by atoms with Gasteiger partial charge in [-0.15, -0.1) is 0 Å². The van der Waals surface area contributed by atoms with Crippen molar-refractivity contribution < 1.29 is 0 Å². The molecule has 4 heterocycles. The average Bonchev–Trinajstić information content (AvgIpc) is 3.05. The van der Waals surface area contributed by atoms with E-state index in [2.05, 4.69) is 29.9 Å². The molecule has 6 nitrogen and oxygen atoms in total. The van der Waals surface area contributed by atoms with Crippen LogP contribution in [-0.2, 0) is 0 Å². The molecule has 8 heteroatoms. The molecule has 0 atom stereocenters. The summed E-state index contributed by atoms with van der Waals surface area (Å²) in [6.07, 6.45) is 10.7. The highest BCUT2D eigenvalue weighted by Gasteiger charge is 2.06. The Bertz CT molecular complexity index is 1690. The molecule has 0 amide bonds. The minimum atomic E-state index is 0.681. The minimum Gasteiger partial charge on any atom is -0.255 e. The van der Waals surface area contributed by atoms with E-state index in [1.807, 2.05) is 122 Å². The van der Waals surface area contributed by atoms with Gasteiger partial charge in [0.25, 0.3) is 0 Å². The predicted molar refractivity (Wildman–Crippen MR) is 171 cm³/mol. The van der Waals surface area contributed by atoms with Crippen molar-refractivity contribution in [3.8, 4) is 33.6 Å².